The van der Waals surface area contributed by atoms with E-state index in [0.717, 1.165) is 10.4 Å². The number of nitrogens with zero attached hydrogens (tertiary/aromatic N) is 3. The zero-order chi connectivity index (χ0) is 25.2. The van der Waals surface area contributed by atoms with Crippen molar-refractivity contribution in [1.29, 1.82) is 0 Å². The van der Waals surface area contributed by atoms with Gasteiger partial charge in [-0.3, -0.25) is 4.79 Å². The Morgan fingerprint density at radius 3 is 2.34 bits per heavy atom. The first kappa shape index (κ1) is 25.2. The van der Waals surface area contributed by atoms with Crippen molar-refractivity contribution >= 4 is 33.6 Å². The molecule has 2 aliphatic rings. The zero-order valence-electron chi connectivity index (χ0n) is 18.6. The van der Waals surface area contributed by atoms with E-state index in [1.165, 1.54) is 17.0 Å². The second-order valence-corrected chi connectivity index (χ2v) is 10.3. The van der Waals surface area contributed by atoms with Gasteiger partial charge in [0.1, 0.15) is 11.8 Å². The van der Waals surface area contributed by atoms with E-state index in [2.05, 4.69) is 0 Å². The molecule has 2 N–H and O–H groups in total. The Labute approximate surface area is 207 Å². The van der Waals surface area contributed by atoms with Crippen molar-refractivity contribution in [3.05, 3.63) is 53.3 Å². The SMILES string of the molecule is NC(=O)[C@H]1CN(C(=O)N2CCOCC2)CCN1S(=O)(=O)c1ccc(Oc2ccc(Cl)cc2)c(F)c1. The van der Waals surface area contributed by atoms with E-state index < -0.39 is 27.8 Å². The average molecular weight is 527 g/mol. The number of piperazine rings is 1. The highest BCUT2D eigenvalue weighted by Crippen LogP contribution is 2.29. The van der Waals surface area contributed by atoms with Gasteiger partial charge in [0, 0.05) is 37.7 Å². The molecule has 2 heterocycles. The molecule has 2 aromatic carbocycles. The van der Waals surface area contributed by atoms with E-state index in [4.69, 9.17) is 26.8 Å². The number of hydrogen-bond acceptors (Lipinski definition) is 6. The number of carbonyl (C=O) groups is 2. The number of amides is 3. The standard InChI is InChI=1S/C22H24ClFN4O6S/c23-15-1-3-16(4-2-15)34-20-6-5-17(13-18(20)24)35(31,32)28-8-7-27(14-19(28)21(25)29)22(30)26-9-11-33-12-10-26/h1-6,13,19H,7-12,14H2,(H2,25,29)/t19-/m1/s1. The molecule has 2 aromatic rings. The highest BCUT2D eigenvalue weighted by Gasteiger charge is 2.41. The quantitative estimate of drug-likeness (QED) is 0.634. The molecule has 2 aliphatic heterocycles. The Morgan fingerprint density at radius 1 is 1.03 bits per heavy atom. The maximum Gasteiger partial charge on any atom is 0.320 e. The van der Waals surface area contributed by atoms with E-state index >= 15 is 0 Å². The molecule has 0 saturated carbocycles. The van der Waals surface area contributed by atoms with Crippen LogP contribution < -0.4 is 10.5 Å². The van der Waals surface area contributed by atoms with E-state index in [1.54, 1.807) is 29.2 Å². The van der Waals surface area contributed by atoms with Gasteiger partial charge in [-0.2, -0.15) is 4.31 Å². The van der Waals surface area contributed by atoms with Crippen molar-refractivity contribution in [1.82, 2.24) is 14.1 Å². The largest absolute Gasteiger partial charge is 0.454 e. The number of nitrogens with two attached hydrogens (primary N) is 1. The fraction of sp³-hybridized carbons (Fsp3) is 0.364. The lowest BCUT2D eigenvalue weighted by Gasteiger charge is -2.41. The lowest BCUT2D eigenvalue weighted by atomic mass is 10.2. The van der Waals surface area contributed by atoms with Crippen LogP contribution in [0.1, 0.15) is 0 Å². The fourth-order valence-electron chi connectivity index (χ4n) is 3.90. The maximum absolute atomic E-state index is 14.7. The molecule has 0 aromatic heterocycles. The molecule has 3 amide bonds. The minimum absolute atomic E-state index is 0.0550. The van der Waals surface area contributed by atoms with Gasteiger partial charge in [0.25, 0.3) is 0 Å². The van der Waals surface area contributed by atoms with Crippen LogP contribution in [-0.2, 0) is 19.6 Å². The number of morpholine rings is 1. The van der Waals surface area contributed by atoms with Crippen LogP contribution in [-0.4, -0.2) is 86.4 Å². The highest BCUT2D eigenvalue weighted by molar-refractivity contribution is 7.89. The summed E-state index contributed by atoms with van der Waals surface area (Å²) in [7, 11) is -4.30. The monoisotopic (exact) mass is 526 g/mol. The summed E-state index contributed by atoms with van der Waals surface area (Å²) in [4.78, 5) is 27.6. The third-order valence-electron chi connectivity index (χ3n) is 5.76. The van der Waals surface area contributed by atoms with Crippen molar-refractivity contribution in [3.8, 4) is 11.5 Å². The molecule has 0 bridgehead atoms. The van der Waals surface area contributed by atoms with Gasteiger partial charge in [-0.1, -0.05) is 11.6 Å². The Hall–Kier alpha value is -2.93. The highest BCUT2D eigenvalue weighted by atomic mass is 35.5. The van der Waals surface area contributed by atoms with Crippen LogP contribution >= 0.6 is 11.6 Å². The van der Waals surface area contributed by atoms with Crippen LogP contribution in [0.5, 0.6) is 11.5 Å². The molecule has 2 fully saturated rings. The Bertz CT molecular complexity index is 1210. The number of benzene rings is 2. The lowest BCUT2D eigenvalue weighted by molar-refractivity contribution is -0.123. The number of urea groups is 1. The van der Waals surface area contributed by atoms with E-state index in [0.29, 0.717) is 37.1 Å². The molecule has 1 atom stereocenters. The summed E-state index contributed by atoms with van der Waals surface area (Å²) < 4.78 is 53.0. The molecular formula is C22H24ClFN4O6S. The van der Waals surface area contributed by atoms with E-state index in [9.17, 15) is 22.4 Å². The molecule has 13 heteroatoms. The molecule has 2 saturated heterocycles. The van der Waals surface area contributed by atoms with Crippen molar-refractivity contribution in [3.63, 3.8) is 0 Å². The Morgan fingerprint density at radius 2 is 1.71 bits per heavy atom. The molecule has 0 radical (unpaired) electrons. The summed E-state index contributed by atoms with van der Waals surface area (Å²) in [5, 5.41) is 0.481. The molecule has 0 unspecified atom stereocenters. The smallest absolute Gasteiger partial charge is 0.320 e. The molecule has 10 nitrogen and oxygen atoms in total. The number of sulfonamides is 1. The van der Waals surface area contributed by atoms with Gasteiger partial charge in [0.05, 0.1) is 18.1 Å². The third kappa shape index (κ3) is 5.50. The van der Waals surface area contributed by atoms with Gasteiger partial charge >= 0.3 is 6.03 Å². The van der Waals surface area contributed by atoms with Crippen LogP contribution in [0, 0.1) is 5.82 Å². The predicted molar refractivity (Wildman–Crippen MR) is 124 cm³/mol. The fourth-order valence-corrected chi connectivity index (χ4v) is 5.62. The minimum atomic E-state index is -4.30. The third-order valence-corrected chi connectivity index (χ3v) is 7.92. The first-order chi connectivity index (χ1) is 16.7. The lowest BCUT2D eigenvalue weighted by Crippen LogP contribution is -2.62. The minimum Gasteiger partial charge on any atom is -0.454 e. The van der Waals surface area contributed by atoms with Gasteiger partial charge in [-0.25, -0.2) is 17.6 Å². The summed E-state index contributed by atoms with van der Waals surface area (Å²) in [6.07, 6.45) is 0. The van der Waals surface area contributed by atoms with Gasteiger partial charge < -0.3 is 25.0 Å². The first-order valence-electron chi connectivity index (χ1n) is 10.8. The molecule has 0 aliphatic carbocycles. The van der Waals surface area contributed by atoms with Crippen LogP contribution in [0.2, 0.25) is 5.02 Å². The Kier molecular flexibility index (Phi) is 7.45. The van der Waals surface area contributed by atoms with Crippen molar-refractivity contribution in [2.75, 3.05) is 45.9 Å². The number of primary amides is 1. The molecule has 35 heavy (non-hydrogen) atoms. The second-order valence-electron chi connectivity index (χ2n) is 8.01. The molecular weight excluding hydrogens is 503 g/mol. The number of halogens is 2. The summed E-state index contributed by atoms with van der Waals surface area (Å²) in [6.45, 7) is 1.30. The van der Waals surface area contributed by atoms with Crippen LogP contribution in [0.4, 0.5) is 9.18 Å². The summed E-state index contributed by atoms with van der Waals surface area (Å²) >= 11 is 5.83. The molecule has 0 spiro atoms. The van der Waals surface area contributed by atoms with Gasteiger partial charge in [-0.15, -0.1) is 0 Å². The number of rotatable bonds is 5. The Balaban J connectivity index is 1.51. The van der Waals surface area contributed by atoms with Crippen LogP contribution in [0.3, 0.4) is 0 Å². The number of hydrogen-bond donors (Lipinski definition) is 1. The first-order valence-corrected chi connectivity index (χ1v) is 12.6. The van der Waals surface area contributed by atoms with Crippen molar-refractivity contribution in [2.24, 2.45) is 5.73 Å². The topological polar surface area (TPSA) is 122 Å². The van der Waals surface area contributed by atoms with Crippen molar-refractivity contribution < 1.29 is 31.9 Å². The van der Waals surface area contributed by atoms with Crippen LogP contribution in [0.25, 0.3) is 0 Å². The summed E-state index contributed by atoms with van der Waals surface area (Å²) in [6, 6.07) is 7.81. The van der Waals surface area contributed by atoms with E-state index in [-0.39, 0.29) is 36.3 Å². The normalized spacial score (nSPS) is 19.4. The molecule has 4 rings (SSSR count). The average Bonchev–Trinajstić information content (AvgIpc) is 2.86. The van der Waals surface area contributed by atoms with Crippen molar-refractivity contribution in [2.45, 2.75) is 10.9 Å². The number of ether oxygens (including phenoxy) is 2. The van der Waals surface area contributed by atoms with Gasteiger partial charge in [0.15, 0.2) is 11.6 Å². The van der Waals surface area contributed by atoms with Crippen LogP contribution in [0.15, 0.2) is 47.4 Å². The second kappa shape index (κ2) is 10.4. The van der Waals surface area contributed by atoms with E-state index in [1.807, 2.05) is 0 Å². The summed E-state index contributed by atoms with van der Waals surface area (Å²) in [5.74, 6) is -1.67. The number of carbonyl (C=O) groups excluding carboxylic acids is 2. The predicted octanol–water partition coefficient (Wildman–Crippen LogP) is 1.88. The maximum atomic E-state index is 14.7. The van der Waals surface area contributed by atoms with Gasteiger partial charge in [0.2, 0.25) is 15.9 Å². The van der Waals surface area contributed by atoms with Gasteiger partial charge in [-0.05, 0) is 42.5 Å². The summed E-state index contributed by atoms with van der Waals surface area (Å²) in [5.41, 5.74) is 5.50. The molecule has 188 valence electrons. The zero-order valence-corrected chi connectivity index (χ0v) is 20.2.